The minimum absolute atomic E-state index is 0.155. The van der Waals surface area contributed by atoms with Crippen LogP contribution in [0.3, 0.4) is 0 Å². The number of rotatable bonds is 3. The molecule has 0 N–H and O–H groups in total. The highest BCUT2D eigenvalue weighted by molar-refractivity contribution is 9.10. The molecule has 0 bridgehead atoms. The molecule has 8 heteroatoms. The van der Waals surface area contributed by atoms with Gasteiger partial charge in [-0.2, -0.15) is 5.10 Å². The standard InChI is InChI=1S/C24H27BrFN3O3/c1-24(2,3)32-23(30)28-12-10-16(11-13-28)29-22(25)17-14-15(8-9-19(17)27-29)21-18(26)6-5-7-20(21)31-4/h5-9,14,16H,10-13H2,1-4H3. The van der Waals surface area contributed by atoms with Crippen LogP contribution in [-0.2, 0) is 4.74 Å². The zero-order valence-corrected chi connectivity index (χ0v) is 20.3. The molecule has 1 aromatic heterocycles. The molecule has 0 aliphatic carbocycles. The normalized spacial score (nSPS) is 15.2. The maximum Gasteiger partial charge on any atom is 0.410 e. The van der Waals surface area contributed by atoms with Gasteiger partial charge in [-0.3, -0.25) is 4.68 Å². The number of methoxy groups -OCH3 is 1. The highest BCUT2D eigenvalue weighted by Gasteiger charge is 2.29. The van der Waals surface area contributed by atoms with Gasteiger partial charge in [0.25, 0.3) is 0 Å². The van der Waals surface area contributed by atoms with Crippen molar-refractivity contribution in [2.75, 3.05) is 20.2 Å². The number of carbonyl (C=O) groups is 1. The lowest BCUT2D eigenvalue weighted by Gasteiger charge is -2.33. The van der Waals surface area contributed by atoms with Crippen LogP contribution in [0.25, 0.3) is 22.0 Å². The number of fused-ring (bicyclic) bond motifs is 1. The summed E-state index contributed by atoms with van der Waals surface area (Å²) in [6.07, 6.45) is 1.28. The molecule has 1 aliphatic rings. The zero-order chi connectivity index (χ0) is 23.0. The molecule has 32 heavy (non-hydrogen) atoms. The second kappa shape index (κ2) is 8.73. The van der Waals surface area contributed by atoms with Crippen LogP contribution in [0, 0.1) is 5.82 Å². The third-order valence-corrected chi connectivity index (χ3v) is 6.37. The average molecular weight is 504 g/mol. The first-order valence-corrected chi connectivity index (χ1v) is 11.5. The van der Waals surface area contributed by atoms with Gasteiger partial charge < -0.3 is 14.4 Å². The number of likely N-dealkylation sites (tertiary alicyclic amines) is 1. The number of amides is 1. The molecule has 2 aromatic carbocycles. The van der Waals surface area contributed by atoms with E-state index in [1.165, 1.54) is 13.2 Å². The fourth-order valence-electron chi connectivity index (χ4n) is 4.04. The minimum Gasteiger partial charge on any atom is -0.496 e. The van der Waals surface area contributed by atoms with Gasteiger partial charge >= 0.3 is 6.09 Å². The van der Waals surface area contributed by atoms with E-state index in [1.807, 2.05) is 43.7 Å². The highest BCUT2D eigenvalue weighted by atomic mass is 79.9. The summed E-state index contributed by atoms with van der Waals surface area (Å²) in [4.78, 5) is 14.1. The Morgan fingerprint density at radius 2 is 1.91 bits per heavy atom. The van der Waals surface area contributed by atoms with Crippen LogP contribution >= 0.6 is 15.9 Å². The van der Waals surface area contributed by atoms with Crippen LogP contribution in [0.2, 0.25) is 0 Å². The predicted molar refractivity (Wildman–Crippen MR) is 125 cm³/mol. The van der Waals surface area contributed by atoms with Crippen LogP contribution in [-0.4, -0.2) is 46.6 Å². The van der Waals surface area contributed by atoms with Crippen molar-refractivity contribution in [3.8, 4) is 16.9 Å². The lowest BCUT2D eigenvalue weighted by atomic mass is 10.0. The summed E-state index contributed by atoms with van der Waals surface area (Å²) in [5.74, 6) is 0.157. The van der Waals surface area contributed by atoms with Crippen LogP contribution in [0.4, 0.5) is 9.18 Å². The lowest BCUT2D eigenvalue weighted by molar-refractivity contribution is 0.0184. The van der Waals surface area contributed by atoms with E-state index >= 15 is 0 Å². The van der Waals surface area contributed by atoms with Crippen molar-refractivity contribution in [2.24, 2.45) is 0 Å². The lowest BCUT2D eigenvalue weighted by Crippen LogP contribution is -2.42. The quantitative estimate of drug-likeness (QED) is 0.427. The first-order valence-electron chi connectivity index (χ1n) is 10.7. The summed E-state index contributed by atoms with van der Waals surface area (Å²) in [5.41, 5.74) is 1.48. The van der Waals surface area contributed by atoms with E-state index in [2.05, 4.69) is 15.9 Å². The van der Waals surface area contributed by atoms with Crippen molar-refractivity contribution in [1.82, 2.24) is 14.7 Å². The first kappa shape index (κ1) is 22.6. The molecule has 2 heterocycles. The maximum absolute atomic E-state index is 14.6. The number of nitrogens with zero attached hydrogens (tertiary/aromatic N) is 3. The van der Waals surface area contributed by atoms with Gasteiger partial charge in [-0.1, -0.05) is 12.1 Å². The Balaban J connectivity index is 1.57. The Hall–Kier alpha value is -2.61. The second-order valence-corrected chi connectivity index (χ2v) is 9.73. The molecule has 0 atom stereocenters. The number of hydrogen-bond acceptors (Lipinski definition) is 4. The highest BCUT2D eigenvalue weighted by Crippen LogP contribution is 2.37. The van der Waals surface area contributed by atoms with Crippen molar-refractivity contribution in [3.63, 3.8) is 0 Å². The largest absolute Gasteiger partial charge is 0.496 e. The Kier molecular flexibility index (Phi) is 6.16. The molecule has 0 saturated carbocycles. The maximum atomic E-state index is 14.6. The molecule has 3 aromatic rings. The molecule has 0 unspecified atom stereocenters. The van der Waals surface area contributed by atoms with Gasteiger partial charge in [0.1, 0.15) is 21.8 Å². The SMILES string of the molecule is COc1cccc(F)c1-c1ccc2nn(C3CCN(C(=O)OC(C)(C)C)CC3)c(Br)c2c1. The average Bonchev–Trinajstić information content (AvgIpc) is 3.08. The van der Waals surface area contributed by atoms with Gasteiger partial charge in [-0.25, -0.2) is 9.18 Å². The summed E-state index contributed by atoms with van der Waals surface area (Å²) >= 11 is 3.70. The number of carbonyl (C=O) groups excluding carboxylic acids is 1. The van der Waals surface area contributed by atoms with Gasteiger partial charge in [0, 0.05) is 18.5 Å². The van der Waals surface area contributed by atoms with Gasteiger partial charge in [0.2, 0.25) is 0 Å². The molecule has 0 radical (unpaired) electrons. The molecule has 1 amide bonds. The van der Waals surface area contributed by atoms with Crippen molar-refractivity contribution >= 4 is 32.9 Å². The minimum atomic E-state index is -0.505. The van der Waals surface area contributed by atoms with Gasteiger partial charge in [0.15, 0.2) is 0 Å². The zero-order valence-electron chi connectivity index (χ0n) is 18.7. The molecule has 6 nitrogen and oxygen atoms in total. The summed E-state index contributed by atoms with van der Waals surface area (Å²) < 4.78 is 28.2. The van der Waals surface area contributed by atoms with E-state index in [0.29, 0.717) is 24.4 Å². The van der Waals surface area contributed by atoms with E-state index in [9.17, 15) is 9.18 Å². The number of ether oxygens (including phenoxy) is 2. The molecule has 0 spiro atoms. The number of aromatic nitrogens is 2. The third-order valence-electron chi connectivity index (χ3n) is 5.58. The Labute approximate surface area is 195 Å². The number of piperidine rings is 1. The van der Waals surface area contributed by atoms with Crippen molar-refractivity contribution in [3.05, 3.63) is 46.8 Å². The fourth-order valence-corrected chi connectivity index (χ4v) is 4.73. The molecule has 4 rings (SSSR count). The molecular weight excluding hydrogens is 477 g/mol. The molecular formula is C24H27BrFN3O3. The Morgan fingerprint density at radius 3 is 2.56 bits per heavy atom. The Morgan fingerprint density at radius 1 is 1.19 bits per heavy atom. The monoisotopic (exact) mass is 503 g/mol. The van der Waals surface area contributed by atoms with Gasteiger partial charge in [0.05, 0.1) is 24.2 Å². The van der Waals surface area contributed by atoms with Crippen LogP contribution < -0.4 is 4.74 Å². The van der Waals surface area contributed by atoms with Crippen molar-refractivity contribution < 1.29 is 18.7 Å². The Bertz CT molecular complexity index is 1150. The summed E-state index contributed by atoms with van der Waals surface area (Å²) in [6.45, 7) is 6.83. The second-order valence-electron chi connectivity index (χ2n) is 8.98. The van der Waals surface area contributed by atoms with Crippen LogP contribution in [0.15, 0.2) is 41.0 Å². The van der Waals surface area contributed by atoms with E-state index < -0.39 is 5.60 Å². The number of benzene rings is 2. The van der Waals surface area contributed by atoms with Gasteiger partial charge in [-0.05, 0) is 79.4 Å². The first-order chi connectivity index (χ1) is 15.2. The number of halogens is 2. The predicted octanol–water partition coefficient (Wildman–Crippen LogP) is 6.19. The molecule has 170 valence electrons. The summed E-state index contributed by atoms with van der Waals surface area (Å²) in [6, 6.07) is 10.7. The van der Waals surface area contributed by atoms with Crippen LogP contribution in [0.1, 0.15) is 39.7 Å². The topological polar surface area (TPSA) is 56.6 Å². The van der Waals surface area contributed by atoms with Crippen molar-refractivity contribution in [1.29, 1.82) is 0 Å². The van der Waals surface area contributed by atoms with E-state index in [1.54, 1.807) is 17.0 Å². The summed E-state index contributed by atoms with van der Waals surface area (Å²) in [7, 11) is 1.54. The fraction of sp³-hybridized carbons (Fsp3) is 0.417. The van der Waals surface area contributed by atoms with E-state index in [4.69, 9.17) is 14.6 Å². The van der Waals surface area contributed by atoms with Gasteiger partial charge in [-0.15, -0.1) is 0 Å². The van der Waals surface area contributed by atoms with E-state index in [0.717, 1.165) is 33.9 Å². The molecule has 1 aliphatic heterocycles. The number of hydrogen-bond donors (Lipinski definition) is 0. The van der Waals surface area contributed by atoms with E-state index in [-0.39, 0.29) is 18.0 Å². The third kappa shape index (κ3) is 4.46. The molecule has 1 fully saturated rings. The van der Waals surface area contributed by atoms with Crippen molar-refractivity contribution in [2.45, 2.75) is 45.3 Å². The molecule has 1 saturated heterocycles. The summed E-state index contributed by atoms with van der Waals surface area (Å²) in [5, 5.41) is 5.68. The smallest absolute Gasteiger partial charge is 0.410 e. The van der Waals surface area contributed by atoms with Crippen LogP contribution in [0.5, 0.6) is 5.75 Å².